The average molecular weight is 353 g/mol. The summed E-state index contributed by atoms with van der Waals surface area (Å²) < 4.78 is 32.5. The molecule has 0 saturated heterocycles. The molecule has 2 N–H and O–H groups in total. The second-order valence-electron chi connectivity index (χ2n) is 5.02. The van der Waals surface area contributed by atoms with Gasteiger partial charge in [0.05, 0.1) is 16.3 Å². The van der Waals surface area contributed by atoms with E-state index in [1.54, 1.807) is 19.1 Å². The Bertz CT molecular complexity index is 866. The van der Waals surface area contributed by atoms with Crippen LogP contribution in [-0.2, 0) is 14.8 Å². The second kappa shape index (κ2) is 5.75. The lowest BCUT2D eigenvalue weighted by atomic mass is 10.2. The smallest absolute Gasteiger partial charge is 0.265 e. The van der Waals surface area contributed by atoms with E-state index in [2.05, 4.69) is 10.0 Å². The van der Waals surface area contributed by atoms with Crippen molar-refractivity contribution in [3.63, 3.8) is 0 Å². The van der Waals surface area contributed by atoms with Gasteiger partial charge in [0.2, 0.25) is 0 Å². The Labute approximate surface area is 138 Å². The normalized spacial score (nSPS) is 17.0. The molecule has 0 aromatic heterocycles. The van der Waals surface area contributed by atoms with Crippen molar-refractivity contribution in [2.75, 3.05) is 10.0 Å². The monoisotopic (exact) mass is 352 g/mol. The third kappa shape index (κ3) is 3.25. The van der Waals surface area contributed by atoms with Gasteiger partial charge in [-0.1, -0.05) is 11.6 Å². The molecule has 2 aromatic rings. The molecule has 120 valence electrons. The summed E-state index contributed by atoms with van der Waals surface area (Å²) in [5.74, 6) is 0.210. The summed E-state index contributed by atoms with van der Waals surface area (Å²) >= 11 is 5.76. The van der Waals surface area contributed by atoms with Crippen LogP contribution >= 0.6 is 11.6 Å². The minimum absolute atomic E-state index is 0.0912. The van der Waals surface area contributed by atoms with Crippen LogP contribution in [0.1, 0.15) is 6.92 Å². The van der Waals surface area contributed by atoms with Gasteiger partial charge >= 0.3 is 0 Å². The molecule has 0 saturated carbocycles. The molecular weight excluding hydrogens is 340 g/mol. The Kier molecular flexibility index (Phi) is 3.91. The summed E-state index contributed by atoms with van der Waals surface area (Å²) in [6.07, 6.45) is -0.584. The van der Waals surface area contributed by atoms with E-state index in [1.807, 2.05) is 0 Å². The van der Waals surface area contributed by atoms with Crippen LogP contribution in [0.3, 0.4) is 0 Å². The van der Waals surface area contributed by atoms with Gasteiger partial charge in [-0.15, -0.1) is 0 Å². The fraction of sp³-hybridized carbons (Fsp3) is 0.133. The predicted octanol–water partition coefficient (Wildman–Crippen LogP) is 2.86. The number of ether oxygens (including phenoxy) is 1. The van der Waals surface area contributed by atoms with Gasteiger partial charge in [0.25, 0.3) is 15.9 Å². The van der Waals surface area contributed by atoms with Crippen molar-refractivity contribution in [1.82, 2.24) is 0 Å². The van der Waals surface area contributed by atoms with Crippen LogP contribution in [0.15, 0.2) is 47.4 Å². The Morgan fingerprint density at radius 1 is 1.17 bits per heavy atom. The SMILES string of the molecule is C[C@@H]1Oc2ccc(NS(=O)(=O)c3ccc(Cl)cc3)cc2NC1=O. The molecule has 1 atom stereocenters. The van der Waals surface area contributed by atoms with Crippen LogP contribution < -0.4 is 14.8 Å². The maximum Gasteiger partial charge on any atom is 0.265 e. The van der Waals surface area contributed by atoms with Crippen LogP contribution in [0.4, 0.5) is 11.4 Å². The molecule has 0 radical (unpaired) electrons. The Morgan fingerprint density at radius 2 is 1.87 bits per heavy atom. The number of benzene rings is 2. The molecule has 23 heavy (non-hydrogen) atoms. The molecule has 1 amide bonds. The molecule has 6 nitrogen and oxygen atoms in total. The zero-order chi connectivity index (χ0) is 16.6. The molecule has 0 spiro atoms. The maximum atomic E-state index is 12.3. The Balaban J connectivity index is 1.87. The van der Waals surface area contributed by atoms with Crippen molar-refractivity contribution in [3.8, 4) is 5.75 Å². The maximum absolute atomic E-state index is 12.3. The number of carbonyl (C=O) groups is 1. The lowest BCUT2D eigenvalue weighted by Crippen LogP contribution is -2.34. The highest BCUT2D eigenvalue weighted by Crippen LogP contribution is 2.32. The highest BCUT2D eigenvalue weighted by Gasteiger charge is 2.24. The first-order valence-corrected chi connectivity index (χ1v) is 8.61. The Hall–Kier alpha value is -2.25. The molecule has 3 rings (SSSR count). The van der Waals surface area contributed by atoms with E-state index in [0.29, 0.717) is 22.1 Å². The summed E-state index contributed by atoms with van der Waals surface area (Å²) in [4.78, 5) is 11.7. The molecule has 8 heteroatoms. The van der Waals surface area contributed by atoms with Gasteiger partial charge in [-0.3, -0.25) is 9.52 Å². The highest BCUT2D eigenvalue weighted by atomic mass is 35.5. The molecule has 1 heterocycles. The minimum Gasteiger partial charge on any atom is -0.479 e. The molecule has 1 aliphatic heterocycles. The predicted molar refractivity (Wildman–Crippen MR) is 87.4 cm³/mol. The van der Waals surface area contributed by atoms with Crippen molar-refractivity contribution in [3.05, 3.63) is 47.5 Å². The van der Waals surface area contributed by atoms with E-state index in [0.717, 1.165) is 0 Å². The van der Waals surface area contributed by atoms with Crippen molar-refractivity contribution in [2.45, 2.75) is 17.9 Å². The first-order chi connectivity index (χ1) is 10.8. The van der Waals surface area contributed by atoms with Gasteiger partial charge < -0.3 is 10.1 Å². The van der Waals surface area contributed by atoms with E-state index in [4.69, 9.17) is 16.3 Å². The first-order valence-electron chi connectivity index (χ1n) is 6.75. The summed E-state index contributed by atoms with van der Waals surface area (Å²) in [5, 5.41) is 3.12. The standard InChI is InChI=1S/C15H13ClN2O4S/c1-9-15(19)17-13-8-11(4-7-14(13)22-9)18-23(20,21)12-5-2-10(16)3-6-12/h2-9,18H,1H3,(H,17,19)/t9-/m0/s1. The number of hydrogen-bond donors (Lipinski definition) is 2. The van der Waals surface area contributed by atoms with Crippen molar-refractivity contribution < 1.29 is 17.9 Å². The Morgan fingerprint density at radius 3 is 2.57 bits per heavy atom. The number of carbonyl (C=O) groups excluding carboxylic acids is 1. The van der Waals surface area contributed by atoms with E-state index < -0.39 is 16.1 Å². The van der Waals surface area contributed by atoms with E-state index in [1.165, 1.54) is 30.3 Å². The fourth-order valence-corrected chi connectivity index (χ4v) is 3.28. The quantitative estimate of drug-likeness (QED) is 0.889. The van der Waals surface area contributed by atoms with E-state index >= 15 is 0 Å². The van der Waals surface area contributed by atoms with Crippen LogP contribution in [0.5, 0.6) is 5.75 Å². The van der Waals surface area contributed by atoms with Gasteiger partial charge in [0, 0.05) is 5.02 Å². The molecular formula is C15H13ClN2O4S. The molecule has 2 aromatic carbocycles. The van der Waals surface area contributed by atoms with Crippen LogP contribution in [0.2, 0.25) is 5.02 Å². The molecule has 0 fully saturated rings. The summed E-state index contributed by atoms with van der Waals surface area (Å²) in [6.45, 7) is 1.63. The third-order valence-corrected chi connectivity index (χ3v) is 4.94. The molecule has 0 unspecified atom stereocenters. The summed E-state index contributed by atoms with van der Waals surface area (Å²) in [6, 6.07) is 10.5. The lowest BCUT2D eigenvalue weighted by Gasteiger charge is -2.23. The van der Waals surface area contributed by atoms with Crippen LogP contribution in [0.25, 0.3) is 0 Å². The lowest BCUT2D eigenvalue weighted by molar-refractivity contribution is -0.122. The van der Waals surface area contributed by atoms with Crippen molar-refractivity contribution in [1.29, 1.82) is 0 Å². The van der Waals surface area contributed by atoms with Gasteiger partial charge in [-0.05, 0) is 49.4 Å². The van der Waals surface area contributed by atoms with Crippen molar-refractivity contribution in [2.24, 2.45) is 0 Å². The highest BCUT2D eigenvalue weighted by molar-refractivity contribution is 7.92. The van der Waals surface area contributed by atoms with E-state index in [-0.39, 0.29) is 10.8 Å². The van der Waals surface area contributed by atoms with Gasteiger partial charge in [-0.2, -0.15) is 0 Å². The van der Waals surface area contributed by atoms with E-state index in [9.17, 15) is 13.2 Å². The van der Waals surface area contributed by atoms with Crippen molar-refractivity contribution >= 4 is 38.9 Å². The number of anilines is 2. The molecule has 0 aliphatic carbocycles. The second-order valence-corrected chi connectivity index (χ2v) is 7.14. The number of nitrogens with one attached hydrogen (secondary N) is 2. The van der Waals surface area contributed by atoms with Crippen LogP contribution in [0, 0.1) is 0 Å². The number of halogens is 1. The topological polar surface area (TPSA) is 84.5 Å². The first kappa shape index (κ1) is 15.6. The van der Waals surface area contributed by atoms with Crippen LogP contribution in [-0.4, -0.2) is 20.4 Å². The minimum atomic E-state index is -3.74. The number of sulfonamides is 1. The average Bonchev–Trinajstić information content (AvgIpc) is 2.49. The summed E-state index contributed by atoms with van der Waals surface area (Å²) in [5.41, 5.74) is 0.738. The van der Waals surface area contributed by atoms with Gasteiger partial charge in [-0.25, -0.2) is 8.42 Å². The molecule has 0 bridgehead atoms. The van der Waals surface area contributed by atoms with Gasteiger partial charge in [0.15, 0.2) is 6.10 Å². The number of fused-ring (bicyclic) bond motifs is 1. The fourth-order valence-electron chi connectivity index (χ4n) is 2.10. The third-order valence-electron chi connectivity index (χ3n) is 3.29. The number of rotatable bonds is 3. The largest absolute Gasteiger partial charge is 0.479 e. The molecule has 1 aliphatic rings. The summed E-state index contributed by atoms with van der Waals surface area (Å²) in [7, 11) is -3.74. The zero-order valence-corrected chi connectivity index (χ0v) is 13.6. The number of hydrogen-bond acceptors (Lipinski definition) is 4. The number of amides is 1. The zero-order valence-electron chi connectivity index (χ0n) is 12.0. The van der Waals surface area contributed by atoms with Gasteiger partial charge in [0.1, 0.15) is 5.75 Å².